The first-order valence-corrected chi connectivity index (χ1v) is 8.08. The largest absolute Gasteiger partial charge is 0.406 e. The zero-order valence-corrected chi connectivity index (χ0v) is 12.6. The van der Waals surface area contributed by atoms with Gasteiger partial charge in [-0.25, -0.2) is 0 Å². The summed E-state index contributed by atoms with van der Waals surface area (Å²) < 4.78 is 5.90. The third-order valence-electron chi connectivity index (χ3n) is 4.12. The molecule has 2 fully saturated rings. The Balaban J connectivity index is 1.62. The van der Waals surface area contributed by atoms with E-state index in [9.17, 15) is 0 Å². The monoisotopic (exact) mass is 278 g/mol. The van der Waals surface area contributed by atoms with Crippen LogP contribution < -0.4 is 10.2 Å². The van der Waals surface area contributed by atoms with Crippen molar-refractivity contribution in [1.29, 1.82) is 0 Å². The predicted molar refractivity (Wildman–Crippen MR) is 78.7 cm³/mol. The van der Waals surface area contributed by atoms with E-state index in [-0.39, 0.29) is 6.04 Å². The second-order valence-electron chi connectivity index (χ2n) is 6.39. The standard InChI is InChI=1S/C15H26N4O/c1-3-8-16-11(2)14-17-18-15(20-14)19(9-12-4-5-12)10-13-6-7-13/h11-13,16H,3-10H2,1-2H3. The highest BCUT2D eigenvalue weighted by molar-refractivity contribution is 5.26. The van der Waals surface area contributed by atoms with Crippen molar-refractivity contribution in [3.8, 4) is 0 Å². The molecule has 1 heterocycles. The summed E-state index contributed by atoms with van der Waals surface area (Å²) in [6.45, 7) is 7.40. The highest BCUT2D eigenvalue weighted by Gasteiger charge is 2.31. The minimum absolute atomic E-state index is 0.139. The Morgan fingerprint density at radius 3 is 2.40 bits per heavy atom. The molecule has 0 aliphatic heterocycles. The molecule has 3 rings (SSSR count). The Labute approximate surface area is 121 Å². The molecule has 0 spiro atoms. The van der Waals surface area contributed by atoms with Crippen molar-refractivity contribution in [2.45, 2.75) is 52.0 Å². The van der Waals surface area contributed by atoms with Gasteiger partial charge in [-0.15, -0.1) is 5.10 Å². The zero-order valence-electron chi connectivity index (χ0n) is 12.6. The maximum Gasteiger partial charge on any atom is 0.318 e. The maximum atomic E-state index is 5.90. The minimum Gasteiger partial charge on any atom is -0.406 e. The summed E-state index contributed by atoms with van der Waals surface area (Å²) in [5, 5.41) is 11.9. The number of nitrogens with zero attached hydrogens (tertiary/aromatic N) is 3. The molecule has 1 aromatic rings. The van der Waals surface area contributed by atoms with Gasteiger partial charge in [0.1, 0.15) is 0 Å². The van der Waals surface area contributed by atoms with Crippen molar-refractivity contribution >= 4 is 6.01 Å². The molecule has 1 atom stereocenters. The number of aromatic nitrogens is 2. The van der Waals surface area contributed by atoms with Gasteiger partial charge in [-0.1, -0.05) is 12.0 Å². The van der Waals surface area contributed by atoms with Gasteiger partial charge in [0.05, 0.1) is 6.04 Å². The number of nitrogens with one attached hydrogen (secondary N) is 1. The molecule has 5 heteroatoms. The van der Waals surface area contributed by atoms with Crippen LogP contribution in [0.15, 0.2) is 4.42 Å². The number of hydrogen-bond acceptors (Lipinski definition) is 5. The van der Waals surface area contributed by atoms with Crippen LogP contribution in [0.5, 0.6) is 0 Å². The van der Waals surface area contributed by atoms with Gasteiger partial charge in [0.25, 0.3) is 0 Å². The predicted octanol–water partition coefficient (Wildman–Crippen LogP) is 2.76. The molecule has 2 saturated carbocycles. The third-order valence-corrected chi connectivity index (χ3v) is 4.12. The highest BCUT2D eigenvalue weighted by Crippen LogP contribution is 2.35. The molecule has 5 nitrogen and oxygen atoms in total. The van der Waals surface area contributed by atoms with Gasteiger partial charge >= 0.3 is 6.01 Å². The van der Waals surface area contributed by atoms with E-state index in [2.05, 4.69) is 34.3 Å². The molecular weight excluding hydrogens is 252 g/mol. The summed E-state index contributed by atoms with van der Waals surface area (Å²) in [6, 6.07) is 0.865. The van der Waals surface area contributed by atoms with E-state index in [1.165, 1.54) is 25.7 Å². The van der Waals surface area contributed by atoms with E-state index >= 15 is 0 Å². The Bertz CT molecular complexity index is 411. The molecule has 2 aliphatic carbocycles. The van der Waals surface area contributed by atoms with Crippen LogP contribution in [0.1, 0.15) is 57.9 Å². The maximum absolute atomic E-state index is 5.90. The first kappa shape index (κ1) is 13.9. The van der Waals surface area contributed by atoms with Gasteiger partial charge < -0.3 is 14.6 Å². The lowest BCUT2D eigenvalue weighted by Gasteiger charge is -2.19. The van der Waals surface area contributed by atoms with Gasteiger partial charge in [-0.3, -0.25) is 0 Å². The van der Waals surface area contributed by atoms with Gasteiger partial charge in [-0.2, -0.15) is 0 Å². The number of rotatable bonds is 9. The normalized spacial score (nSPS) is 20.1. The Morgan fingerprint density at radius 2 is 1.85 bits per heavy atom. The second kappa shape index (κ2) is 6.12. The Hall–Kier alpha value is -1.10. The van der Waals surface area contributed by atoms with Crippen molar-refractivity contribution in [3.05, 3.63) is 5.89 Å². The van der Waals surface area contributed by atoms with Gasteiger partial charge in [0, 0.05) is 13.1 Å². The lowest BCUT2D eigenvalue weighted by atomic mass is 10.3. The van der Waals surface area contributed by atoms with E-state index in [1.54, 1.807) is 0 Å². The quantitative estimate of drug-likeness (QED) is 0.752. The molecule has 112 valence electrons. The van der Waals surface area contributed by atoms with Crippen LogP contribution >= 0.6 is 0 Å². The average Bonchev–Trinajstić information content (AvgIpc) is 3.37. The molecule has 2 aliphatic rings. The molecule has 0 radical (unpaired) electrons. The average molecular weight is 278 g/mol. The molecule has 20 heavy (non-hydrogen) atoms. The fraction of sp³-hybridized carbons (Fsp3) is 0.867. The van der Waals surface area contributed by atoms with E-state index in [1.807, 2.05) is 0 Å². The van der Waals surface area contributed by atoms with Gasteiger partial charge in [-0.05, 0) is 57.4 Å². The molecule has 0 saturated heterocycles. The minimum atomic E-state index is 0.139. The molecular formula is C15H26N4O. The van der Waals surface area contributed by atoms with E-state index < -0.39 is 0 Å². The first-order valence-electron chi connectivity index (χ1n) is 8.08. The van der Waals surface area contributed by atoms with Crippen LogP contribution in [-0.2, 0) is 0 Å². The van der Waals surface area contributed by atoms with Crippen molar-refractivity contribution in [1.82, 2.24) is 15.5 Å². The highest BCUT2D eigenvalue weighted by atomic mass is 16.4. The third kappa shape index (κ3) is 3.72. The van der Waals surface area contributed by atoms with Crippen molar-refractivity contribution in [2.24, 2.45) is 11.8 Å². The summed E-state index contributed by atoms with van der Waals surface area (Å²) >= 11 is 0. The van der Waals surface area contributed by atoms with Crippen molar-refractivity contribution in [3.63, 3.8) is 0 Å². The molecule has 1 aromatic heterocycles. The molecule has 1 unspecified atom stereocenters. The Morgan fingerprint density at radius 1 is 1.20 bits per heavy atom. The second-order valence-corrected chi connectivity index (χ2v) is 6.39. The van der Waals surface area contributed by atoms with Gasteiger partial charge in [0.15, 0.2) is 0 Å². The zero-order chi connectivity index (χ0) is 13.9. The SMILES string of the molecule is CCCNC(C)c1nnc(N(CC2CC2)CC2CC2)o1. The van der Waals surface area contributed by atoms with Crippen LogP contribution in [0.4, 0.5) is 6.01 Å². The Kier molecular flexibility index (Phi) is 4.24. The molecule has 1 N–H and O–H groups in total. The fourth-order valence-electron chi connectivity index (χ4n) is 2.43. The van der Waals surface area contributed by atoms with Crippen LogP contribution in [0, 0.1) is 11.8 Å². The summed E-state index contributed by atoms with van der Waals surface area (Å²) in [5.74, 6) is 2.41. The topological polar surface area (TPSA) is 54.2 Å². The molecule has 0 aromatic carbocycles. The lowest BCUT2D eigenvalue weighted by Crippen LogP contribution is -2.28. The molecule has 0 bridgehead atoms. The summed E-state index contributed by atoms with van der Waals surface area (Å²) in [5.41, 5.74) is 0. The van der Waals surface area contributed by atoms with Crippen LogP contribution in [0.3, 0.4) is 0 Å². The van der Waals surface area contributed by atoms with Crippen molar-refractivity contribution in [2.75, 3.05) is 24.5 Å². The number of hydrogen-bond donors (Lipinski definition) is 1. The summed E-state index contributed by atoms with van der Waals surface area (Å²) in [6.07, 6.45) is 6.54. The van der Waals surface area contributed by atoms with E-state index in [0.717, 1.165) is 43.9 Å². The van der Waals surface area contributed by atoms with Crippen LogP contribution in [0.2, 0.25) is 0 Å². The molecule has 0 amide bonds. The first-order chi connectivity index (χ1) is 9.76. The smallest absolute Gasteiger partial charge is 0.318 e. The fourth-order valence-corrected chi connectivity index (χ4v) is 2.43. The van der Waals surface area contributed by atoms with Gasteiger partial charge in [0.2, 0.25) is 5.89 Å². The summed E-state index contributed by atoms with van der Waals surface area (Å²) in [7, 11) is 0. The lowest BCUT2D eigenvalue weighted by molar-refractivity contribution is 0.411. The van der Waals surface area contributed by atoms with Crippen LogP contribution in [-0.4, -0.2) is 29.8 Å². The number of anilines is 1. The summed E-state index contributed by atoms with van der Waals surface area (Å²) in [4.78, 5) is 2.32. The van der Waals surface area contributed by atoms with E-state index in [0.29, 0.717) is 5.89 Å². The van der Waals surface area contributed by atoms with Crippen molar-refractivity contribution < 1.29 is 4.42 Å². The van der Waals surface area contributed by atoms with Crippen LogP contribution in [0.25, 0.3) is 0 Å². The van der Waals surface area contributed by atoms with E-state index in [4.69, 9.17) is 4.42 Å².